The van der Waals surface area contributed by atoms with E-state index in [1.54, 1.807) is 35.4 Å². The van der Waals surface area contributed by atoms with Crippen LogP contribution >= 0.6 is 11.8 Å². The maximum absolute atomic E-state index is 11.6. The van der Waals surface area contributed by atoms with Gasteiger partial charge in [0.2, 0.25) is 0 Å². The lowest BCUT2D eigenvalue weighted by Gasteiger charge is -1.97. The average Bonchev–Trinajstić information content (AvgIpc) is 3.18. The molecule has 0 aliphatic carbocycles. The van der Waals surface area contributed by atoms with Gasteiger partial charge < -0.3 is 4.42 Å². The number of nitrogens with zero attached hydrogens (tertiary/aromatic N) is 3. The lowest BCUT2D eigenvalue weighted by molar-refractivity contribution is -0.115. The van der Waals surface area contributed by atoms with E-state index in [1.165, 1.54) is 0 Å². The zero-order valence-electron chi connectivity index (χ0n) is 11.9. The highest BCUT2D eigenvalue weighted by atomic mass is 32.2. The minimum absolute atomic E-state index is 0.310. The van der Waals surface area contributed by atoms with E-state index in [2.05, 4.69) is 15.4 Å². The summed E-state index contributed by atoms with van der Waals surface area (Å²) in [6.07, 6.45) is 8.55. The van der Waals surface area contributed by atoms with Crippen molar-refractivity contribution in [1.82, 2.24) is 20.1 Å². The number of rotatable bonds is 2. The van der Waals surface area contributed by atoms with Crippen LogP contribution < -0.4 is 5.32 Å². The van der Waals surface area contributed by atoms with Crippen LogP contribution in [0, 0.1) is 0 Å². The van der Waals surface area contributed by atoms with Gasteiger partial charge in [0.05, 0.1) is 11.1 Å². The molecule has 3 aromatic rings. The van der Waals surface area contributed by atoms with Crippen molar-refractivity contribution >= 4 is 40.0 Å². The second kappa shape index (κ2) is 5.10. The number of thioether (sulfide) groups is 1. The molecule has 1 saturated heterocycles. The van der Waals surface area contributed by atoms with E-state index in [-0.39, 0.29) is 5.24 Å². The molecule has 0 bridgehead atoms. The maximum Gasteiger partial charge on any atom is 0.290 e. The fraction of sp³-hybridized carbons (Fsp3) is 0.0667. The Hall–Kier alpha value is -2.87. The number of carbonyl (C=O) groups excluding carboxylic acids is 2. The van der Waals surface area contributed by atoms with Crippen molar-refractivity contribution in [2.75, 3.05) is 0 Å². The Morgan fingerprint density at radius 3 is 2.87 bits per heavy atom. The molecule has 1 aliphatic rings. The van der Waals surface area contributed by atoms with Gasteiger partial charge in [0.25, 0.3) is 11.1 Å². The van der Waals surface area contributed by atoms with Gasteiger partial charge in [0, 0.05) is 48.2 Å². The van der Waals surface area contributed by atoms with Crippen molar-refractivity contribution in [3.05, 3.63) is 41.5 Å². The van der Waals surface area contributed by atoms with Gasteiger partial charge in [-0.2, -0.15) is 5.10 Å². The fourth-order valence-electron chi connectivity index (χ4n) is 2.37. The van der Waals surface area contributed by atoms with Crippen LogP contribution in [0.2, 0.25) is 0 Å². The van der Waals surface area contributed by atoms with E-state index < -0.39 is 5.91 Å². The van der Waals surface area contributed by atoms with Crippen LogP contribution in [0.4, 0.5) is 4.79 Å². The van der Waals surface area contributed by atoms with Gasteiger partial charge in [0.1, 0.15) is 11.3 Å². The van der Waals surface area contributed by atoms with Crippen molar-refractivity contribution in [3.8, 4) is 11.1 Å². The van der Waals surface area contributed by atoms with Gasteiger partial charge in [0.15, 0.2) is 0 Å². The van der Waals surface area contributed by atoms with Crippen LogP contribution in [0.15, 0.2) is 40.2 Å². The summed E-state index contributed by atoms with van der Waals surface area (Å²) in [6, 6.07) is 1.78. The molecule has 4 heterocycles. The number of hydrogen-bond donors (Lipinski definition) is 1. The van der Waals surface area contributed by atoms with Gasteiger partial charge in [-0.25, -0.2) is 0 Å². The lowest BCUT2D eigenvalue weighted by Crippen LogP contribution is -2.17. The number of amides is 2. The summed E-state index contributed by atoms with van der Waals surface area (Å²) in [5.74, 6) is 0.0801. The first-order valence-electron chi connectivity index (χ1n) is 6.71. The molecule has 114 valence electrons. The molecule has 4 rings (SSSR count). The van der Waals surface area contributed by atoms with Crippen molar-refractivity contribution < 1.29 is 14.0 Å². The average molecular weight is 326 g/mol. The molecule has 2 amide bonds. The first kappa shape index (κ1) is 13.8. The van der Waals surface area contributed by atoms with Gasteiger partial charge >= 0.3 is 0 Å². The second-order valence-electron chi connectivity index (χ2n) is 5.01. The largest absolute Gasteiger partial charge is 0.456 e. The van der Waals surface area contributed by atoms with Crippen LogP contribution in [0.5, 0.6) is 0 Å². The molecular formula is C15H10N4O3S. The van der Waals surface area contributed by atoms with Crippen LogP contribution in [0.3, 0.4) is 0 Å². The predicted octanol–water partition coefficient (Wildman–Crippen LogP) is 2.55. The third kappa shape index (κ3) is 2.42. The Balaban J connectivity index is 1.81. The third-order valence-electron chi connectivity index (χ3n) is 3.37. The third-order valence-corrected chi connectivity index (χ3v) is 4.18. The predicted molar refractivity (Wildman–Crippen MR) is 85.3 cm³/mol. The van der Waals surface area contributed by atoms with Crippen LogP contribution in [0.25, 0.3) is 28.2 Å². The molecule has 8 heteroatoms. The number of furan rings is 1. The quantitative estimate of drug-likeness (QED) is 0.728. The number of carbonyl (C=O) groups is 2. The Morgan fingerprint density at radius 1 is 1.30 bits per heavy atom. The van der Waals surface area contributed by atoms with E-state index >= 15 is 0 Å². The Kier molecular flexibility index (Phi) is 3.05. The smallest absolute Gasteiger partial charge is 0.290 e. The Bertz CT molecular complexity index is 986. The zero-order chi connectivity index (χ0) is 16.0. The molecule has 0 aromatic carbocycles. The van der Waals surface area contributed by atoms with Crippen LogP contribution in [0.1, 0.15) is 5.76 Å². The number of aryl methyl sites for hydroxylation is 1. The highest BCUT2D eigenvalue weighted by molar-refractivity contribution is 8.18. The van der Waals surface area contributed by atoms with Crippen molar-refractivity contribution in [3.63, 3.8) is 0 Å². The van der Waals surface area contributed by atoms with Crippen LogP contribution in [-0.2, 0) is 11.8 Å². The molecule has 0 spiro atoms. The summed E-state index contributed by atoms with van der Waals surface area (Å²) in [5, 5.41) is 6.80. The van der Waals surface area contributed by atoms with Gasteiger partial charge in [-0.1, -0.05) is 0 Å². The van der Waals surface area contributed by atoms with E-state index in [9.17, 15) is 9.59 Å². The summed E-state index contributed by atoms with van der Waals surface area (Å²) >= 11 is 0.855. The van der Waals surface area contributed by atoms with Crippen molar-refractivity contribution in [2.24, 2.45) is 7.05 Å². The number of aromatic nitrogens is 3. The monoisotopic (exact) mass is 326 g/mol. The maximum atomic E-state index is 11.6. The van der Waals surface area contributed by atoms with Gasteiger partial charge in [-0.3, -0.25) is 24.6 Å². The molecule has 1 fully saturated rings. The molecule has 3 aromatic heterocycles. The summed E-state index contributed by atoms with van der Waals surface area (Å²) in [5.41, 5.74) is 2.37. The molecule has 0 atom stereocenters. The summed E-state index contributed by atoms with van der Waals surface area (Å²) in [7, 11) is 1.84. The van der Waals surface area contributed by atoms with E-state index in [0.717, 1.165) is 28.3 Å². The molecular weight excluding hydrogens is 316 g/mol. The van der Waals surface area contributed by atoms with Crippen LogP contribution in [-0.4, -0.2) is 25.9 Å². The number of pyridine rings is 1. The molecule has 23 heavy (non-hydrogen) atoms. The van der Waals surface area contributed by atoms with E-state index in [4.69, 9.17) is 4.42 Å². The first-order chi connectivity index (χ1) is 11.1. The molecule has 1 N–H and O–H groups in total. The summed E-state index contributed by atoms with van der Waals surface area (Å²) in [4.78, 5) is 27.3. The standard InChI is InChI=1S/C15H10N4O3S/c1-19-7-9(5-17-19)11-6-16-4-8-2-10(22-13(8)11)3-12-14(20)18-15(21)23-12/h2-7H,1H3,(H,18,20,21). The van der Waals surface area contributed by atoms with E-state index in [1.807, 2.05) is 13.2 Å². The molecule has 7 nitrogen and oxygen atoms in total. The van der Waals surface area contributed by atoms with Gasteiger partial charge in [-0.05, 0) is 17.8 Å². The van der Waals surface area contributed by atoms with Gasteiger partial charge in [-0.15, -0.1) is 0 Å². The minimum atomic E-state index is -0.411. The Labute approximate surface area is 134 Å². The van der Waals surface area contributed by atoms with E-state index in [0.29, 0.717) is 16.2 Å². The molecule has 0 unspecified atom stereocenters. The van der Waals surface area contributed by atoms with Crippen molar-refractivity contribution in [1.29, 1.82) is 0 Å². The highest BCUT2D eigenvalue weighted by Gasteiger charge is 2.25. The topological polar surface area (TPSA) is 90.0 Å². The lowest BCUT2D eigenvalue weighted by atomic mass is 10.1. The normalized spacial score (nSPS) is 16.5. The second-order valence-corrected chi connectivity index (χ2v) is 6.02. The number of nitrogens with one attached hydrogen (secondary N) is 1. The SMILES string of the molecule is Cn1cc(-c2cncc3cc(C=C4SC(=O)NC4=O)oc23)cn1. The Morgan fingerprint density at radius 2 is 2.17 bits per heavy atom. The summed E-state index contributed by atoms with van der Waals surface area (Å²) < 4.78 is 7.55. The first-order valence-corrected chi connectivity index (χ1v) is 7.53. The number of fused-ring (bicyclic) bond motifs is 1. The number of hydrogen-bond acceptors (Lipinski definition) is 6. The molecule has 0 radical (unpaired) electrons. The summed E-state index contributed by atoms with van der Waals surface area (Å²) in [6.45, 7) is 0. The van der Waals surface area contributed by atoms with Crippen molar-refractivity contribution in [2.45, 2.75) is 0 Å². The zero-order valence-corrected chi connectivity index (χ0v) is 12.8. The number of imide groups is 1. The minimum Gasteiger partial charge on any atom is -0.456 e. The highest BCUT2D eigenvalue weighted by Crippen LogP contribution is 2.32. The molecule has 0 saturated carbocycles. The fourth-order valence-corrected chi connectivity index (χ4v) is 3.03. The molecule has 1 aliphatic heterocycles.